The molecule has 0 aliphatic carbocycles. The number of carbonyl (C=O) groups excluding carboxylic acids is 3. The number of rotatable bonds is 16. The van der Waals surface area contributed by atoms with Crippen LogP contribution in [0.4, 0.5) is 0 Å². The number of aliphatic hydroxyl groups excluding tert-OH is 1. The lowest BCUT2D eigenvalue weighted by Crippen LogP contribution is -2.58. The normalized spacial score (nSPS) is 14.3. The van der Waals surface area contributed by atoms with E-state index in [-0.39, 0.29) is 37.7 Å². The second-order valence-electron chi connectivity index (χ2n) is 7.99. The number of hydrogen-bond acceptors (Lipinski definition) is 8. The maximum absolute atomic E-state index is 12.8. The van der Waals surface area contributed by atoms with Crippen molar-refractivity contribution in [2.75, 3.05) is 13.2 Å². The summed E-state index contributed by atoms with van der Waals surface area (Å²) in [5.41, 5.74) is 15.8. The number of hydrogen-bond donors (Lipinski definition) is 9. The zero-order chi connectivity index (χ0) is 26.4. The summed E-state index contributed by atoms with van der Waals surface area (Å²) in [7, 11) is 0. The van der Waals surface area contributed by atoms with Crippen LogP contribution in [0.25, 0.3) is 0 Å². The first-order valence-electron chi connectivity index (χ1n) is 10.6. The van der Waals surface area contributed by atoms with Crippen molar-refractivity contribution in [3.8, 4) is 0 Å². The van der Waals surface area contributed by atoms with Gasteiger partial charge in [-0.2, -0.15) is 0 Å². The Hall–Kier alpha value is -3.46. The second-order valence-corrected chi connectivity index (χ2v) is 7.99. The van der Waals surface area contributed by atoms with Crippen LogP contribution in [0.2, 0.25) is 0 Å². The Balaban J connectivity index is 5.43. The van der Waals surface area contributed by atoms with E-state index in [9.17, 15) is 29.1 Å². The molecule has 0 aromatic rings. The molecule has 0 aromatic carbocycles. The van der Waals surface area contributed by atoms with Crippen LogP contribution in [-0.4, -0.2) is 88.3 Å². The number of carbonyl (C=O) groups is 5. The van der Waals surface area contributed by atoms with Crippen molar-refractivity contribution in [1.29, 1.82) is 0 Å². The van der Waals surface area contributed by atoms with Crippen LogP contribution < -0.4 is 33.2 Å². The van der Waals surface area contributed by atoms with Crippen molar-refractivity contribution >= 4 is 35.6 Å². The molecule has 12 N–H and O–H groups in total. The molecule has 15 nitrogen and oxygen atoms in total. The SMILES string of the molecule is CC(C)CC(NC(=O)C(CC(=O)O)NC(=O)C(N)CO)C(=O)NC(CCCN=C(N)N)C(=O)O. The summed E-state index contributed by atoms with van der Waals surface area (Å²) in [6.45, 7) is 2.94. The number of nitrogens with one attached hydrogen (secondary N) is 3. The van der Waals surface area contributed by atoms with Crippen molar-refractivity contribution in [3.63, 3.8) is 0 Å². The van der Waals surface area contributed by atoms with Crippen molar-refractivity contribution < 1.29 is 39.3 Å². The lowest BCUT2D eigenvalue weighted by atomic mass is 10.0. The van der Waals surface area contributed by atoms with Crippen molar-refractivity contribution in [2.45, 2.75) is 63.7 Å². The Bertz CT molecular complexity index is 755. The standard InChI is InChI=1S/C19H35N7O8/c1-9(2)6-12(16(31)24-11(18(33)34)4-3-5-23-19(21)22)26-17(32)13(7-14(28)29)25-15(30)10(20)8-27/h9-13,27H,3-8,20H2,1-2H3,(H,24,31)(H,25,30)(H,26,32)(H,28,29)(H,33,34)(H4,21,22,23). The molecule has 15 heteroatoms. The van der Waals surface area contributed by atoms with Gasteiger partial charge in [-0.15, -0.1) is 0 Å². The van der Waals surface area contributed by atoms with Crippen molar-refractivity contribution in [1.82, 2.24) is 16.0 Å². The Morgan fingerprint density at radius 2 is 1.41 bits per heavy atom. The van der Waals surface area contributed by atoms with E-state index in [4.69, 9.17) is 27.4 Å². The molecule has 0 heterocycles. The van der Waals surface area contributed by atoms with E-state index in [0.717, 1.165) is 0 Å². The van der Waals surface area contributed by atoms with Crippen molar-refractivity contribution in [3.05, 3.63) is 0 Å². The highest BCUT2D eigenvalue weighted by Crippen LogP contribution is 2.08. The average Bonchev–Trinajstić information content (AvgIpc) is 2.72. The molecular formula is C19H35N7O8. The number of guanidine groups is 1. The van der Waals surface area contributed by atoms with Gasteiger partial charge >= 0.3 is 11.9 Å². The molecule has 0 bridgehead atoms. The zero-order valence-electron chi connectivity index (χ0n) is 19.2. The molecule has 0 rings (SSSR count). The summed E-state index contributed by atoms with van der Waals surface area (Å²) in [6.07, 6.45) is -0.443. The molecule has 0 aromatic heterocycles. The number of aliphatic carboxylic acids is 2. The molecule has 0 aliphatic rings. The van der Waals surface area contributed by atoms with Gasteiger partial charge in [0.05, 0.1) is 13.0 Å². The quantitative estimate of drug-likeness (QED) is 0.0580. The first kappa shape index (κ1) is 30.5. The van der Waals surface area contributed by atoms with Gasteiger partial charge in [0.1, 0.15) is 24.2 Å². The summed E-state index contributed by atoms with van der Waals surface area (Å²) in [6, 6.07) is -5.47. The van der Waals surface area contributed by atoms with Crippen molar-refractivity contribution in [2.24, 2.45) is 28.1 Å². The van der Waals surface area contributed by atoms with E-state index >= 15 is 0 Å². The Morgan fingerprint density at radius 3 is 1.88 bits per heavy atom. The van der Waals surface area contributed by atoms with Crippen LogP contribution in [0.1, 0.15) is 39.5 Å². The Labute approximate surface area is 196 Å². The highest BCUT2D eigenvalue weighted by molar-refractivity contribution is 5.95. The second kappa shape index (κ2) is 15.4. The van der Waals surface area contributed by atoms with E-state index in [1.165, 1.54) is 0 Å². The molecule has 194 valence electrons. The van der Waals surface area contributed by atoms with Crippen LogP contribution in [0.5, 0.6) is 0 Å². The lowest BCUT2D eigenvalue weighted by molar-refractivity contribution is -0.143. The van der Waals surface area contributed by atoms with Gasteiger partial charge in [-0.05, 0) is 25.2 Å². The molecule has 4 atom stereocenters. The number of carboxylic acids is 2. The number of nitrogens with two attached hydrogens (primary N) is 3. The smallest absolute Gasteiger partial charge is 0.326 e. The average molecular weight is 490 g/mol. The summed E-state index contributed by atoms with van der Waals surface area (Å²) < 4.78 is 0. The molecule has 34 heavy (non-hydrogen) atoms. The molecule has 0 radical (unpaired) electrons. The monoisotopic (exact) mass is 489 g/mol. The molecule has 0 fully saturated rings. The number of aliphatic imine (C=N–C) groups is 1. The molecular weight excluding hydrogens is 454 g/mol. The predicted octanol–water partition coefficient (Wildman–Crippen LogP) is -3.58. The molecule has 3 amide bonds. The van der Waals surface area contributed by atoms with Gasteiger partial charge in [-0.1, -0.05) is 13.8 Å². The van der Waals surface area contributed by atoms with Gasteiger partial charge in [0, 0.05) is 6.54 Å². The van der Waals surface area contributed by atoms with E-state index < -0.39 is 66.9 Å². The third kappa shape index (κ3) is 12.5. The third-order valence-corrected chi connectivity index (χ3v) is 4.45. The fraction of sp³-hybridized carbons (Fsp3) is 0.684. The van der Waals surface area contributed by atoms with Crippen LogP contribution in [-0.2, 0) is 24.0 Å². The number of amides is 3. The summed E-state index contributed by atoms with van der Waals surface area (Å²) in [5, 5.41) is 34.3. The molecule has 0 spiro atoms. The topological polar surface area (TPSA) is 273 Å². The Morgan fingerprint density at radius 1 is 0.882 bits per heavy atom. The first-order chi connectivity index (χ1) is 15.8. The van der Waals surface area contributed by atoms with Gasteiger partial charge in [0.25, 0.3) is 0 Å². The van der Waals surface area contributed by atoms with E-state index in [1.807, 2.05) is 0 Å². The fourth-order valence-electron chi connectivity index (χ4n) is 2.75. The minimum absolute atomic E-state index is 0.0109. The fourth-order valence-corrected chi connectivity index (χ4v) is 2.75. The molecule has 0 aliphatic heterocycles. The van der Waals surface area contributed by atoms with Crippen LogP contribution >= 0.6 is 0 Å². The van der Waals surface area contributed by atoms with Gasteiger partial charge in [-0.3, -0.25) is 24.2 Å². The van der Waals surface area contributed by atoms with E-state index in [2.05, 4.69) is 20.9 Å². The number of nitrogens with zero attached hydrogens (tertiary/aromatic N) is 1. The molecule has 0 saturated carbocycles. The van der Waals surface area contributed by atoms with Gasteiger partial charge in [0.2, 0.25) is 17.7 Å². The molecule has 4 unspecified atom stereocenters. The maximum atomic E-state index is 12.8. The van der Waals surface area contributed by atoms with Gasteiger partial charge in [0.15, 0.2) is 5.96 Å². The van der Waals surface area contributed by atoms with Gasteiger partial charge < -0.3 is 48.5 Å². The third-order valence-electron chi connectivity index (χ3n) is 4.45. The zero-order valence-corrected chi connectivity index (χ0v) is 19.2. The largest absolute Gasteiger partial charge is 0.481 e. The predicted molar refractivity (Wildman–Crippen MR) is 120 cm³/mol. The summed E-state index contributed by atoms with van der Waals surface area (Å²) >= 11 is 0. The van der Waals surface area contributed by atoms with E-state index in [1.54, 1.807) is 13.8 Å². The minimum atomic E-state index is -1.58. The summed E-state index contributed by atoms with van der Waals surface area (Å²) in [5.74, 6) is -5.73. The first-order valence-corrected chi connectivity index (χ1v) is 10.6. The van der Waals surface area contributed by atoms with Crippen LogP contribution in [0.15, 0.2) is 4.99 Å². The van der Waals surface area contributed by atoms with E-state index in [0.29, 0.717) is 0 Å². The maximum Gasteiger partial charge on any atom is 0.326 e. The number of carboxylic acid groups (broad SMARTS) is 2. The number of aliphatic hydroxyl groups is 1. The van der Waals surface area contributed by atoms with Gasteiger partial charge in [-0.25, -0.2) is 4.79 Å². The minimum Gasteiger partial charge on any atom is -0.481 e. The Kier molecular flexibility index (Phi) is 13.8. The highest BCUT2D eigenvalue weighted by Gasteiger charge is 2.31. The lowest BCUT2D eigenvalue weighted by Gasteiger charge is -2.25. The highest BCUT2D eigenvalue weighted by atomic mass is 16.4. The summed E-state index contributed by atoms with van der Waals surface area (Å²) in [4.78, 5) is 63.8. The van der Waals surface area contributed by atoms with Crippen LogP contribution in [0, 0.1) is 5.92 Å². The van der Waals surface area contributed by atoms with Crippen LogP contribution in [0.3, 0.4) is 0 Å². The molecule has 0 saturated heterocycles.